The van der Waals surface area contributed by atoms with Gasteiger partial charge < -0.3 is 14.2 Å². The third-order valence-electron chi connectivity index (χ3n) is 4.34. The molecule has 3 aromatic rings. The molecular formula is C18H11F3N2O3. The van der Waals surface area contributed by atoms with Gasteiger partial charge in [0.1, 0.15) is 6.61 Å². The molecule has 2 aromatic carbocycles. The van der Waals surface area contributed by atoms with E-state index in [1.165, 1.54) is 4.68 Å². The molecule has 0 fully saturated rings. The second kappa shape index (κ2) is 5.17. The van der Waals surface area contributed by atoms with Crippen molar-refractivity contribution in [1.82, 2.24) is 9.78 Å². The van der Waals surface area contributed by atoms with Crippen LogP contribution in [0.1, 0.15) is 11.3 Å². The van der Waals surface area contributed by atoms with E-state index in [0.717, 1.165) is 0 Å². The SMILES string of the molecule is FC(F)(F)c1nn(-c2ccccc2)c2c1-c1cc3c(cc1CO2)OCO3. The number of nitrogens with zero attached hydrogens (tertiary/aromatic N) is 2. The molecule has 0 saturated carbocycles. The Kier molecular flexibility index (Phi) is 3.01. The van der Waals surface area contributed by atoms with E-state index in [9.17, 15) is 13.2 Å². The minimum Gasteiger partial charge on any atom is -0.472 e. The molecule has 0 aliphatic carbocycles. The monoisotopic (exact) mass is 360 g/mol. The standard InChI is InChI=1S/C18H11F3N2O3/c19-18(20,21)16-15-12-7-14-13(25-9-26-14)6-10(12)8-24-17(15)23(22-16)11-4-2-1-3-5-11/h1-7H,8-9H2. The first kappa shape index (κ1) is 15.1. The lowest BCUT2D eigenvalue weighted by atomic mass is 9.97. The fourth-order valence-electron chi connectivity index (χ4n) is 3.20. The summed E-state index contributed by atoms with van der Waals surface area (Å²) < 4.78 is 58.5. The third-order valence-corrected chi connectivity index (χ3v) is 4.34. The Morgan fingerprint density at radius 1 is 0.962 bits per heavy atom. The summed E-state index contributed by atoms with van der Waals surface area (Å²) in [4.78, 5) is 0. The number of halogens is 3. The number of fused-ring (bicyclic) bond motifs is 4. The molecule has 0 bridgehead atoms. The molecule has 26 heavy (non-hydrogen) atoms. The number of benzene rings is 2. The Morgan fingerprint density at radius 3 is 2.42 bits per heavy atom. The van der Waals surface area contributed by atoms with Gasteiger partial charge in [-0.3, -0.25) is 0 Å². The fraction of sp³-hybridized carbons (Fsp3) is 0.167. The van der Waals surface area contributed by atoms with Crippen LogP contribution in [0.3, 0.4) is 0 Å². The zero-order valence-corrected chi connectivity index (χ0v) is 13.2. The number of aromatic nitrogens is 2. The van der Waals surface area contributed by atoms with Crippen LogP contribution in [0.4, 0.5) is 13.2 Å². The van der Waals surface area contributed by atoms with E-state index >= 15 is 0 Å². The van der Waals surface area contributed by atoms with Crippen LogP contribution in [-0.4, -0.2) is 16.6 Å². The molecule has 3 heterocycles. The summed E-state index contributed by atoms with van der Waals surface area (Å²) in [6.45, 7) is 0.163. The summed E-state index contributed by atoms with van der Waals surface area (Å²) in [5, 5.41) is 3.82. The van der Waals surface area contributed by atoms with Crippen LogP contribution >= 0.6 is 0 Å². The maximum atomic E-state index is 13.7. The smallest absolute Gasteiger partial charge is 0.435 e. The molecule has 132 valence electrons. The largest absolute Gasteiger partial charge is 0.472 e. The second-order valence-electron chi connectivity index (χ2n) is 5.93. The summed E-state index contributed by atoms with van der Waals surface area (Å²) in [6.07, 6.45) is -4.63. The molecule has 0 radical (unpaired) electrons. The fourth-order valence-corrected chi connectivity index (χ4v) is 3.20. The molecule has 0 spiro atoms. The molecule has 0 atom stereocenters. The summed E-state index contributed by atoms with van der Waals surface area (Å²) in [5.41, 5.74) is 0.408. The number of para-hydroxylation sites is 1. The molecule has 0 unspecified atom stereocenters. The highest BCUT2D eigenvalue weighted by Gasteiger charge is 2.42. The van der Waals surface area contributed by atoms with Crippen molar-refractivity contribution in [2.75, 3.05) is 6.79 Å². The van der Waals surface area contributed by atoms with Crippen molar-refractivity contribution in [2.24, 2.45) is 0 Å². The maximum absolute atomic E-state index is 13.7. The predicted molar refractivity (Wildman–Crippen MR) is 84.5 cm³/mol. The van der Waals surface area contributed by atoms with Gasteiger partial charge in [-0.1, -0.05) is 18.2 Å². The van der Waals surface area contributed by atoms with Gasteiger partial charge in [-0.2, -0.15) is 23.0 Å². The van der Waals surface area contributed by atoms with Gasteiger partial charge in [0.25, 0.3) is 0 Å². The lowest BCUT2D eigenvalue weighted by Gasteiger charge is -2.20. The van der Waals surface area contributed by atoms with E-state index < -0.39 is 11.9 Å². The van der Waals surface area contributed by atoms with E-state index in [4.69, 9.17) is 14.2 Å². The molecule has 0 amide bonds. The van der Waals surface area contributed by atoms with Crippen LogP contribution in [0.25, 0.3) is 16.8 Å². The highest BCUT2D eigenvalue weighted by molar-refractivity contribution is 5.79. The molecule has 1 aromatic heterocycles. The minimum atomic E-state index is -4.63. The Morgan fingerprint density at radius 2 is 1.69 bits per heavy atom. The van der Waals surface area contributed by atoms with Crippen LogP contribution in [0.5, 0.6) is 17.4 Å². The molecule has 8 heteroatoms. The summed E-state index contributed by atoms with van der Waals surface area (Å²) in [6, 6.07) is 11.8. The topological polar surface area (TPSA) is 45.5 Å². The Bertz CT molecular complexity index is 1010. The highest BCUT2D eigenvalue weighted by Crippen LogP contribution is 2.49. The molecule has 2 aliphatic heterocycles. The van der Waals surface area contributed by atoms with E-state index in [0.29, 0.717) is 28.3 Å². The van der Waals surface area contributed by atoms with Crippen molar-refractivity contribution in [3.8, 4) is 34.2 Å². The second-order valence-corrected chi connectivity index (χ2v) is 5.93. The first-order valence-corrected chi connectivity index (χ1v) is 7.84. The molecule has 5 nitrogen and oxygen atoms in total. The van der Waals surface area contributed by atoms with Gasteiger partial charge in [0.05, 0.1) is 11.3 Å². The van der Waals surface area contributed by atoms with Crippen LogP contribution < -0.4 is 14.2 Å². The van der Waals surface area contributed by atoms with Crippen LogP contribution in [0, 0.1) is 0 Å². The average molecular weight is 360 g/mol. The quantitative estimate of drug-likeness (QED) is 0.653. The number of rotatable bonds is 1. The summed E-state index contributed by atoms with van der Waals surface area (Å²) in [5.74, 6) is 0.979. The Hall–Kier alpha value is -3.16. The van der Waals surface area contributed by atoms with Crippen molar-refractivity contribution in [3.05, 3.63) is 53.7 Å². The zero-order chi connectivity index (χ0) is 17.9. The van der Waals surface area contributed by atoms with Gasteiger partial charge in [-0.25, -0.2) is 0 Å². The summed E-state index contributed by atoms with van der Waals surface area (Å²) in [7, 11) is 0. The zero-order valence-electron chi connectivity index (χ0n) is 13.2. The van der Waals surface area contributed by atoms with Crippen molar-refractivity contribution < 1.29 is 27.4 Å². The summed E-state index contributed by atoms with van der Waals surface area (Å²) >= 11 is 0. The van der Waals surface area contributed by atoms with Crippen molar-refractivity contribution in [1.29, 1.82) is 0 Å². The Balaban J connectivity index is 1.79. The Labute approximate surface area is 145 Å². The minimum absolute atomic E-state index is 0.0430. The molecular weight excluding hydrogens is 349 g/mol. The first-order chi connectivity index (χ1) is 12.5. The van der Waals surface area contributed by atoms with E-state index in [-0.39, 0.29) is 24.8 Å². The van der Waals surface area contributed by atoms with Crippen molar-refractivity contribution in [2.45, 2.75) is 12.8 Å². The van der Waals surface area contributed by atoms with E-state index in [1.54, 1.807) is 42.5 Å². The molecule has 2 aliphatic rings. The number of hydrogen-bond acceptors (Lipinski definition) is 4. The van der Waals surface area contributed by atoms with Crippen molar-refractivity contribution in [3.63, 3.8) is 0 Å². The van der Waals surface area contributed by atoms with Crippen LogP contribution in [0.2, 0.25) is 0 Å². The molecule has 0 N–H and O–H groups in total. The van der Waals surface area contributed by atoms with E-state index in [1.807, 2.05) is 0 Å². The highest BCUT2D eigenvalue weighted by atomic mass is 19.4. The van der Waals surface area contributed by atoms with Crippen LogP contribution in [0.15, 0.2) is 42.5 Å². The van der Waals surface area contributed by atoms with Gasteiger partial charge in [0.15, 0.2) is 17.2 Å². The lowest BCUT2D eigenvalue weighted by Crippen LogP contribution is -2.10. The predicted octanol–water partition coefficient (Wildman–Crippen LogP) is 4.18. The normalized spacial score (nSPS) is 14.6. The van der Waals surface area contributed by atoms with E-state index in [2.05, 4.69) is 5.10 Å². The third kappa shape index (κ3) is 2.15. The average Bonchev–Trinajstić information content (AvgIpc) is 3.24. The van der Waals surface area contributed by atoms with Gasteiger partial charge in [0.2, 0.25) is 12.7 Å². The van der Waals surface area contributed by atoms with Gasteiger partial charge in [-0.05, 0) is 29.8 Å². The number of ether oxygens (including phenoxy) is 3. The first-order valence-electron chi connectivity index (χ1n) is 7.84. The van der Waals surface area contributed by atoms with Crippen LogP contribution in [-0.2, 0) is 12.8 Å². The molecule has 0 saturated heterocycles. The lowest BCUT2D eigenvalue weighted by molar-refractivity contribution is -0.140. The van der Waals surface area contributed by atoms with Gasteiger partial charge >= 0.3 is 6.18 Å². The number of alkyl halides is 3. The van der Waals surface area contributed by atoms with Gasteiger partial charge in [-0.15, -0.1) is 0 Å². The number of hydrogen-bond donors (Lipinski definition) is 0. The molecule has 5 rings (SSSR count). The van der Waals surface area contributed by atoms with Crippen molar-refractivity contribution >= 4 is 0 Å². The maximum Gasteiger partial charge on any atom is 0.435 e. The van der Waals surface area contributed by atoms with Gasteiger partial charge in [0, 0.05) is 5.56 Å².